The van der Waals surface area contributed by atoms with E-state index in [4.69, 9.17) is 5.21 Å². The van der Waals surface area contributed by atoms with Gasteiger partial charge in [0.2, 0.25) is 0 Å². The highest BCUT2D eigenvalue weighted by Crippen LogP contribution is 1.98. The standard InChI is InChI=1S/C3H8N2O/c6-4-5-2-1-3-5/h4,6H,1-3H2. The normalized spacial score (nSPS) is 23.5. The van der Waals surface area contributed by atoms with E-state index in [1.54, 1.807) is 5.01 Å². The van der Waals surface area contributed by atoms with Crippen LogP contribution < -0.4 is 5.59 Å². The lowest BCUT2D eigenvalue weighted by atomic mass is 10.3. The summed E-state index contributed by atoms with van der Waals surface area (Å²) in [5, 5.41) is 9.80. The summed E-state index contributed by atoms with van der Waals surface area (Å²) in [6.07, 6.45) is 1.20. The second-order valence-corrected chi connectivity index (χ2v) is 1.44. The van der Waals surface area contributed by atoms with E-state index in [2.05, 4.69) is 0 Å². The van der Waals surface area contributed by atoms with Crippen molar-refractivity contribution < 1.29 is 5.21 Å². The van der Waals surface area contributed by atoms with Crippen LogP contribution in [0.15, 0.2) is 0 Å². The first kappa shape index (κ1) is 4.05. The lowest BCUT2D eigenvalue weighted by Gasteiger charge is -2.27. The Hall–Kier alpha value is -0.120. The van der Waals surface area contributed by atoms with Crippen LogP contribution >= 0.6 is 0 Å². The molecular formula is C3H8N2O. The van der Waals surface area contributed by atoms with E-state index in [9.17, 15) is 0 Å². The molecule has 0 aromatic heterocycles. The minimum Gasteiger partial charge on any atom is -0.302 e. The molecule has 0 saturated carbocycles. The Morgan fingerprint density at radius 1 is 1.50 bits per heavy atom. The van der Waals surface area contributed by atoms with Gasteiger partial charge in [0.25, 0.3) is 0 Å². The summed E-state index contributed by atoms with van der Waals surface area (Å²) in [5.41, 5.74) is 2.03. The summed E-state index contributed by atoms with van der Waals surface area (Å²) in [5.74, 6) is 0. The SMILES string of the molecule is ONN1CCC1. The lowest BCUT2D eigenvalue weighted by molar-refractivity contribution is -0.0570. The molecule has 0 amide bonds. The van der Waals surface area contributed by atoms with Gasteiger partial charge in [0, 0.05) is 13.1 Å². The van der Waals surface area contributed by atoms with Gasteiger partial charge in [-0.05, 0) is 6.42 Å². The van der Waals surface area contributed by atoms with Gasteiger partial charge in [-0.25, -0.2) is 5.01 Å². The first-order chi connectivity index (χ1) is 2.93. The molecule has 0 aromatic rings. The van der Waals surface area contributed by atoms with Crippen LogP contribution in [-0.2, 0) is 0 Å². The Morgan fingerprint density at radius 3 is 2.17 bits per heavy atom. The van der Waals surface area contributed by atoms with Crippen LogP contribution in [0.4, 0.5) is 0 Å². The predicted octanol–water partition coefficient (Wildman–Crippen LogP) is -0.414. The van der Waals surface area contributed by atoms with Crippen molar-refractivity contribution in [2.24, 2.45) is 0 Å². The molecular weight excluding hydrogens is 80.0 g/mol. The number of rotatable bonds is 1. The van der Waals surface area contributed by atoms with Gasteiger partial charge in [0.1, 0.15) is 0 Å². The summed E-state index contributed by atoms with van der Waals surface area (Å²) < 4.78 is 0. The minimum absolute atomic E-state index is 0.983. The van der Waals surface area contributed by atoms with Crippen LogP contribution in [-0.4, -0.2) is 23.3 Å². The molecule has 0 unspecified atom stereocenters. The van der Waals surface area contributed by atoms with Crippen LogP contribution in [0.25, 0.3) is 0 Å². The van der Waals surface area contributed by atoms with E-state index >= 15 is 0 Å². The van der Waals surface area contributed by atoms with E-state index in [-0.39, 0.29) is 0 Å². The van der Waals surface area contributed by atoms with Crippen LogP contribution in [0.3, 0.4) is 0 Å². The number of hydrogen-bond donors (Lipinski definition) is 2. The van der Waals surface area contributed by atoms with Crippen LogP contribution in [0.1, 0.15) is 6.42 Å². The third-order valence-corrected chi connectivity index (χ3v) is 0.997. The number of hydrogen-bond acceptors (Lipinski definition) is 3. The molecule has 0 spiro atoms. The number of nitrogens with one attached hydrogen (secondary N) is 1. The third-order valence-electron chi connectivity index (χ3n) is 0.997. The summed E-state index contributed by atoms with van der Waals surface area (Å²) in [6.45, 7) is 1.97. The fourth-order valence-electron chi connectivity index (χ4n) is 0.416. The van der Waals surface area contributed by atoms with E-state index in [0.29, 0.717) is 0 Å². The maximum absolute atomic E-state index is 8.06. The lowest BCUT2D eigenvalue weighted by Crippen LogP contribution is -2.45. The van der Waals surface area contributed by atoms with Crippen molar-refractivity contribution in [3.05, 3.63) is 0 Å². The summed E-state index contributed by atoms with van der Waals surface area (Å²) >= 11 is 0. The number of hydrazine groups is 1. The fourth-order valence-corrected chi connectivity index (χ4v) is 0.416. The summed E-state index contributed by atoms with van der Waals surface area (Å²) in [7, 11) is 0. The Labute approximate surface area is 36.5 Å². The van der Waals surface area contributed by atoms with Crippen LogP contribution in [0.2, 0.25) is 0 Å². The molecule has 1 saturated heterocycles. The van der Waals surface area contributed by atoms with Crippen molar-refractivity contribution in [3.8, 4) is 0 Å². The molecule has 3 nitrogen and oxygen atoms in total. The van der Waals surface area contributed by atoms with Gasteiger partial charge < -0.3 is 5.21 Å². The summed E-state index contributed by atoms with van der Waals surface area (Å²) in [6, 6.07) is 0. The molecule has 36 valence electrons. The van der Waals surface area contributed by atoms with Gasteiger partial charge in [-0.3, -0.25) is 0 Å². The second kappa shape index (κ2) is 1.55. The molecule has 1 aliphatic rings. The second-order valence-electron chi connectivity index (χ2n) is 1.44. The highest BCUT2D eigenvalue weighted by atomic mass is 16.5. The zero-order chi connectivity index (χ0) is 4.41. The average molecular weight is 88.1 g/mol. The molecule has 0 aromatic carbocycles. The van der Waals surface area contributed by atoms with E-state index in [1.807, 2.05) is 5.59 Å². The fraction of sp³-hybridized carbons (Fsp3) is 1.00. The van der Waals surface area contributed by atoms with Crippen molar-refractivity contribution in [2.75, 3.05) is 13.1 Å². The first-order valence-corrected chi connectivity index (χ1v) is 2.08. The topological polar surface area (TPSA) is 35.5 Å². The Morgan fingerprint density at radius 2 is 2.17 bits per heavy atom. The largest absolute Gasteiger partial charge is 0.302 e. The Kier molecular flexibility index (Phi) is 1.05. The van der Waals surface area contributed by atoms with Gasteiger partial charge in [-0.2, -0.15) is 0 Å². The number of nitrogens with zero attached hydrogens (tertiary/aromatic N) is 1. The van der Waals surface area contributed by atoms with Gasteiger partial charge in [0.05, 0.1) is 0 Å². The molecule has 1 fully saturated rings. The van der Waals surface area contributed by atoms with Crippen molar-refractivity contribution in [1.29, 1.82) is 0 Å². The molecule has 2 N–H and O–H groups in total. The zero-order valence-corrected chi connectivity index (χ0v) is 3.52. The van der Waals surface area contributed by atoms with E-state index in [0.717, 1.165) is 13.1 Å². The van der Waals surface area contributed by atoms with Gasteiger partial charge in [-0.15, -0.1) is 5.59 Å². The average Bonchev–Trinajstić information content (AvgIpc) is 1.31. The Bertz CT molecular complexity index is 41.3. The minimum atomic E-state index is 0.983. The molecule has 0 aliphatic carbocycles. The third kappa shape index (κ3) is 0.518. The molecule has 0 bridgehead atoms. The maximum Gasteiger partial charge on any atom is 0.0165 e. The van der Waals surface area contributed by atoms with Crippen molar-refractivity contribution in [1.82, 2.24) is 10.6 Å². The smallest absolute Gasteiger partial charge is 0.0165 e. The molecule has 1 heterocycles. The van der Waals surface area contributed by atoms with Crippen LogP contribution in [0.5, 0.6) is 0 Å². The maximum atomic E-state index is 8.06. The quantitative estimate of drug-likeness (QED) is 0.427. The molecule has 0 atom stereocenters. The molecule has 1 rings (SSSR count). The molecule has 1 aliphatic heterocycles. The van der Waals surface area contributed by atoms with Crippen LogP contribution in [0, 0.1) is 0 Å². The highest BCUT2D eigenvalue weighted by molar-refractivity contribution is 4.59. The van der Waals surface area contributed by atoms with Crippen molar-refractivity contribution >= 4 is 0 Å². The van der Waals surface area contributed by atoms with Gasteiger partial charge in [-0.1, -0.05) is 0 Å². The highest BCUT2D eigenvalue weighted by Gasteiger charge is 2.10. The van der Waals surface area contributed by atoms with Crippen molar-refractivity contribution in [3.63, 3.8) is 0 Å². The van der Waals surface area contributed by atoms with Gasteiger partial charge in [0.15, 0.2) is 0 Å². The predicted molar refractivity (Wildman–Crippen MR) is 21.1 cm³/mol. The van der Waals surface area contributed by atoms with E-state index < -0.39 is 0 Å². The summed E-state index contributed by atoms with van der Waals surface area (Å²) in [4.78, 5) is 0. The van der Waals surface area contributed by atoms with Crippen molar-refractivity contribution in [2.45, 2.75) is 6.42 Å². The molecule has 3 heteroatoms. The Balaban J connectivity index is 2.01. The first-order valence-electron chi connectivity index (χ1n) is 2.08. The van der Waals surface area contributed by atoms with Gasteiger partial charge >= 0.3 is 0 Å². The molecule has 6 heavy (non-hydrogen) atoms. The molecule has 0 radical (unpaired) electrons. The zero-order valence-electron chi connectivity index (χ0n) is 3.52. The monoisotopic (exact) mass is 88.1 g/mol. The van der Waals surface area contributed by atoms with E-state index in [1.165, 1.54) is 6.42 Å².